The Labute approximate surface area is 173 Å². The number of benzene rings is 2. The Morgan fingerprint density at radius 2 is 1.62 bits per heavy atom. The van der Waals surface area contributed by atoms with E-state index in [1.54, 1.807) is 0 Å². The second-order valence-corrected chi connectivity index (χ2v) is 8.96. The van der Waals surface area contributed by atoms with Gasteiger partial charge in [0, 0.05) is 23.7 Å². The first-order valence-corrected chi connectivity index (χ1v) is 10.9. The van der Waals surface area contributed by atoms with Gasteiger partial charge in [-0.3, -0.25) is 4.79 Å². The van der Waals surface area contributed by atoms with Gasteiger partial charge in [-0.15, -0.1) is 0 Å². The summed E-state index contributed by atoms with van der Waals surface area (Å²) in [7, 11) is -4.06. The molecule has 0 saturated carbocycles. The molecule has 1 heterocycles. The number of carbonyl (C=O) groups is 2. The largest absolute Gasteiger partial charge is 0.454 e. The van der Waals surface area contributed by atoms with Crippen molar-refractivity contribution in [3.8, 4) is 0 Å². The van der Waals surface area contributed by atoms with E-state index in [1.807, 2.05) is 0 Å². The number of ketones is 1. The number of halogens is 2. The molecule has 0 bridgehead atoms. The molecule has 2 aromatic carbocycles. The van der Waals surface area contributed by atoms with Crippen molar-refractivity contribution in [1.82, 2.24) is 4.31 Å². The fourth-order valence-corrected chi connectivity index (χ4v) is 4.74. The van der Waals surface area contributed by atoms with E-state index in [0.717, 1.165) is 24.6 Å². The molecule has 0 aromatic heterocycles. The van der Waals surface area contributed by atoms with Crippen molar-refractivity contribution in [2.75, 3.05) is 19.7 Å². The first-order chi connectivity index (χ1) is 13.8. The third-order valence-electron chi connectivity index (χ3n) is 4.60. The van der Waals surface area contributed by atoms with Gasteiger partial charge < -0.3 is 4.74 Å². The van der Waals surface area contributed by atoms with Crippen LogP contribution < -0.4 is 0 Å². The number of sulfonamides is 1. The maximum Gasteiger partial charge on any atom is 0.338 e. The zero-order valence-electron chi connectivity index (χ0n) is 15.4. The maximum atomic E-state index is 14.2. The van der Waals surface area contributed by atoms with Crippen molar-refractivity contribution in [1.29, 1.82) is 0 Å². The summed E-state index contributed by atoms with van der Waals surface area (Å²) in [5.41, 5.74) is 0.167. The van der Waals surface area contributed by atoms with Crippen LogP contribution in [0, 0.1) is 5.82 Å². The van der Waals surface area contributed by atoms with Crippen LogP contribution in [0.15, 0.2) is 47.4 Å². The highest BCUT2D eigenvalue weighted by atomic mass is 35.5. The maximum absolute atomic E-state index is 14.2. The highest BCUT2D eigenvalue weighted by Gasteiger charge is 2.29. The van der Waals surface area contributed by atoms with E-state index in [1.165, 1.54) is 28.6 Å². The summed E-state index contributed by atoms with van der Waals surface area (Å²) in [6.07, 6.45) is 2.33. The average molecular weight is 440 g/mol. The van der Waals surface area contributed by atoms with E-state index in [2.05, 4.69) is 0 Å². The third kappa shape index (κ3) is 5.01. The van der Waals surface area contributed by atoms with Gasteiger partial charge in [0.05, 0.1) is 5.56 Å². The molecule has 1 fully saturated rings. The lowest BCUT2D eigenvalue weighted by Gasteiger charge is -2.26. The minimum atomic E-state index is -4.06. The second kappa shape index (κ2) is 9.02. The summed E-state index contributed by atoms with van der Waals surface area (Å²) in [6.45, 7) is 0.0874. The molecule has 0 aliphatic carbocycles. The van der Waals surface area contributed by atoms with Crippen molar-refractivity contribution < 1.29 is 27.1 Å². The van der Waals surface area contributed by atoms with E-state index in [-0.39, 0.29) is 5.56 Å². The number of ether oxygens (including phenoxy) is 1. The van der Waals surface area contributed by atoms with Crippen molar-refractivity contribution in [2.24, 2.45) is 0 Å². The molecule has 0 amide bonds. The van der Waals surface area contributed by atoms with Crippen molar-refractivity contribution in [2.45, 2.75) is 24.2 Å². The monoisotopic (exact) mass is 439 g/mol. The smallest absolute Gasteiger partial charge is 0.338 e. The predicted octanol–water partition coefficient (Wildman–Crippen LogP) is 3.69. The van der Waals surface area contributed by atoms with E-state index >= 15 is 0 Å². The van der Waals surface area contributed by atoms with Crippen LogP contribution in [0.4, 0.5) is 4.39 Å². The van der Waals surface area contributed by atoms with E-state index in [4.69, 9.17) is 16.3 Å². The molecular weight excluding hydrogens is 421 g/mol. The normalized spacial score (nSPS) is 15.1. The zero-order chi connectivity index (χ0) is 21.0. The Balaban J connectivity index is 1.73. The van der Waals surface area contributed by atoms with Gasteiger partial charge >= 0.3 is 5.97 Å². The van der Waals surface area contributed by atoms with Crippen LogP contribution in [0.1, 0.15) is 40.0 Å². The number of carbonyl (C=O) groups excluding carboxylic acids is 2. The van der Waals surface area contributed by atoms with Crippen LogP contribution in [0.2, 0.25) is 5.02 Å². The van der Waals surface area contributed by atoms with Crippen LogP contribution in [0.3, 0.4) is 0 Å². The number of rotatable bonds is 6. The summed E-state index contributed by atoms with van der Waals surface area (Å²) in [4.78, 5) is 23.8. The van der Waals surface area contributed by atoms with Crippen molar-refractivity contribution in [3.63, 3.8) is 0 Å². The van der Waals surface area contributed by atoms with Gasteiger partial charge in [0.25, 0.3) is 0 Å². The first-order valence-electron chi connectivity index (χ1n) is 9.04. The zero-order valence-corrected chi connectivity index (χ0v) is 17.0. The number of esters is 1. The molecule has 9 heteroatoms. The van der Waals surface area contributed by atoms with Gasteiger partial charge in [0.1, 0.15) is 10.7 Å². The van der Waals surface area contributed by atoms with Crippen LogP contribution in [0.25, 0.3) is 0 Å². The Hall–Kier alpha value is -2.29. The molecule has 6 nitrogen and oxygen atoms in total. The number of Topliss-reactive ketones (excluding diaryl/α,β-unsaturated/α-hetero) is 1. The Morgan fingerprint density at radius 1 is 1.00 bits per heavy atom. The summed E-state index contributed by atoms with van der Waals surface area (Å²) in [6, 6.07) is 9.06. The second-order valence-electron chi connectivity index (χ2n) is 6.62. The molecule has 0 spiro atoms. The average Bonchev–Trinajstić information content (AvgIpc) is 2.73. The van der Waals surface area contributed by atoms with Gasteiger partial charge in [-0.1, -0.05) is 18.0 Å². The molecule has 0 unspecified atom stereocenters. The van der Waals surface area contributed by atoms with E-state index in [9.17, 15) is 22.4 Å². The van der Waals surface area contributed by atoms with Crippen LogP contribution in [-0.2, 0) is 14.8 Å². The molecule has 3 rings (SSSR count). The Bertz CT molecular complexity index is 1020. The fraction of sp³-hybridized carbons (Fsp3) is 0.300. The standard InChI is InChI=1S/C20H19ClFNO5S/c21-16-7-4-14(5-8-16)18(24)13-28-20(25)15-6-9-17(22)19(12-15)29(26,27)23-10-2-1-3-11-23/h4-9,12H,1-3,10-11,13H2. The number of hydrogen-bond acceptors (Lipinski definition) is 5. The molecule has 154 valence electrons. The van der Waals surface area contributed by atoms with E-state index < -0.39 is 39.1 Å². The van der Waals surface area contributed by atoms with Gasteiger partial charge in [-0.2, -0.15) is 4.31 Å². The lowest BCUT2D eigenvalue weighted by Crippen LogP contribution is -2.36. The number of nitrogens with zero attached hydrogens (tertiary/aromatic N) is 1. The van der Waals surface area contributed by atoms with Crippen molar-refractivity contribution >= 4 is 33.4 Å². The molecule has 0 radical (unpaired) electrons. The van der Waals surface area contributed by atoms with Crippen LogP contribution in [-0.4, -0.2) is 44.2 Å². The third-order valence-corrected chi connectivity index (χ3v) is 6.77. The number of hydrogen-bond donors (Lipinski definition) is 0. The molecular formula is C20H19ClFNO5S. The molecule has 1 saturated heterocycles. The lowest BCUT2D eigenvalue weighted by atomic mass is 10.1. The fourth-order valence-electron chi connectivity index (χ4n) is 3.01. The van der Waals surface area contributed by atoms with Gasteiger partial charge in [0.15, 0.2) is 12.4 Å². The Morgan fingerprint density at radius 3 is 2.28 bits per heavy atom. The number of piperidine rings is 1. The summed E-state index contributed by atoms with van der Waals surface area (Å²) >= 11 is 5.76. The molecule has 2 aromatic rings. The van der Waals surface area contributed by atoms with Crippen LogP contribution >= 0.6 is 11.6 Å². The molecule has 0 N–H and O–H groups in total. The highest BCUT2D eigenvalue weighted by molar-refractivity contribution is 7.89. The molecule has 0 atom stereocenters. The quantitative estimate of drug-likeness (QED) is 0.506. The van der Waals surface area contributed by atoms with Gasteiger partial charge in [-0.25, -0.2) is 17.6 Å². The summed E-state index contributed by atoms with van der Waals surface area (Å²) in [5, 5.41) is 0.465. The van der Waals surface area contributed by atoms with Gasteiger partial charge in [0.2, 0.25) is 10.0 Å². The summed E-state index contributed by atoms with van der Waals surface area (Å²) in [5.74, 6) is -2.30. The lowest BCUT2D eigenvalue weighted by molar-refractivity contribution is 0.0474. The topological polar surface area (TPSA) is 80.8 Å². The van der Waals surface area contributed by atoms with E-state index in [0.29, 0.717) is 36.5 Å². The minimum absolute atomic E-state index is 0.147. The van der Waals surface area contributed by atoms with Gasteiger partial charge in [-0.05, 0) is 55.3 Å². The highest BCUT2D eigenvalue weighted by Crippen LogP contribution is 2.24. The summed E-state index contributed by atoms with van der Waals surface area (Å²) < 4.78 is 45.9. The minimum Gasteiger partial charge on any atom is -0.454 e. The Kier molecular flexibility index (Phi) is 6.66. The molecule has 1 aliphatic heterocycles. The van der Waals surface area contributed by atoms with Crippen molar-refractivity contribution in [3.05, 3.63) is 64.4 Å². The SMILES string of the molecule is O=C(COC(=O)c1ccc(F)c(S(=O)(=O)N2CCCCC2)c1)c1ccc(Cl)cc1. The van der Waals surface area contributed by atoms with Crippen LogP contribution in [0.5, 0.6) is 0 Å². The molecule has 29 heavy (non-hydrogen) atoms. The first kappa shape index (κ1) is 21.4. The molecule has 1 aliphatic rings. The predicted molar refractivity (Wildman–Crippen MR) is 105 cm³/mol.